The van der Waals surface area contributed by atoms with Crippen LogP contribution in [0, 0.1) is 0 Å². The smallest absolute Gasteiger partial charge is 0.405 e. The molecule has 0 aliphatic heterocycles. The average Bonchev–Trinajstić information content (AvgIpc) is 2.65. The number of rotatable bonds is 8. The summed E-state index contributed by atoms with van der Waals surface area (Å²) in [6.45, 7) is 0.176. The molecule has 0 bridgehead atoms. The number of carbonyl (C=O) groups excluding carboxylic acids is 1. The molecule has 0 saturated heterocycles. The number of hydrogen-bond donors (Lipinski definition) is 2. The first kappa shape index (κ1) is 22.7. The molecule has 0 fully saturated rings. The van der Waals surface area contributed by atoms with Gasteiger partial charge in [0.15, 0.2) is 0 Å². The van der Waals surface area contributed by atoms with Crippen LogP contribution >= 0.6 is 0 Å². The molecule has 2 aromatic rings. The highest BCUT2D eigenvalue weighted by Crippen LogP contribution is 2.17. The van der Waals surface area contributed by atoms with Gasteiger partial charge in [-0.3, -0.25) is 4.79 Å². The normalized spacial score (nSPS) is 13.0. The van der Waals surface area contributed by atoms with Gasteiger partial charge in [-0.25, -0.2) is 13.1 Å². The van der Waals surface area contributed by atoms with Crippen molar-refractivity contribution in [2.24, 2.45) is 0 Å². The third kappa shape index (κ3) is 7.06. The van der Waals surface area contributed by atoms with Gasteiger partial charge in [-0.2, -0.15) is 13.2 Å². The van der Waals surface area contributed by atoms with Gasteiger partial charge in [0.05, 0.1) is 12.0 Å². The predicted octanol–water partition coefficient (Wildman–Crippen LogP) is 2.90. The molecular weight excluding hydrogens is 409 g/mol. The van der Waals surface area contributed by atoms with Gasteiger partial charge in [-0.1, -0.05) is 18.2 Å². The Balaban J connectivity index is 2.09. The maximum absolute atomic E-state index is 12.6. The van der Waals surface area contributed by atoms with Gasteiger partial charge < -0.3 is 10.1 Å². The van der Waals surface area contributed by atoms with E-state index in [0.29, 0.717) is 12.2 Å². The van der Waals surface area contributed by atoms with E-state index in [-0.39, 0.29) is 10.5 Å². The Morgan fingerprint density at radius 1 is 1.14 bits per heavy atom. The number of hydrogen-bond acceptors (Lipinski definition) is 4. The molecule has 2 N–H and O–H groups in total. The Morgan fingerprint density at radius 3 is 2.48 bits per heavy atom. The molecule has 1 amide bonds. The molecule has 0 heterocycles. The maximum Gasteiger partial charge on any atom is 0.405 e. The number of sulfonamides is 1. The SMILES string of the molecule is COc1cccc(CC(C)NS(=O)(=O)c2cccc(C(=O)NCC(F)(F)F)c2)c1. The Kier molecular flexibility index (Phi) is 7.26. The molecular formula is C19H21F3N2O4S. The zero-order valence-corrected chi connectivity index (χ0v) is 16.6. The fourth-order valence-electron chi connectivity index (χ4n) is 2.61. The van der Waals surface area contributed by atoms with Crippen LogP contribution in [0.2, 0.25) is 0 Å². The number of carbonyl (C=O) groups is 1. The number of alkyl halides is 3. The van der Waals surface area contributed by atoms with Crippen molar-refractivity contribution in [2.45, 2.75) is 30.5 Å². The van der Waals surface area contributed by atoms with Crippen LogP contribution < -0.4 is 14.8 Å². The van der Waals surface area contributed by atoms with Crippen LogP contribution in [-0.2, 0) is 16.4 Å². The lowest BCUT2D eigenvalue weighted by Crippen LogP contribution is -2.35. The summed E-state index contributed by atoms with van der Waals surface area (Å²) in [5, 5.41) is 1.71. The van der Waals surface area contributed by atoms with Crippen LogP contribution in [0.5, 0.6) is 5.75 Å². The molecule has 1 unspecified atom stereocenters. The van der Waals surface area contributed by atoms with E-state index in [2.05, 4.69) is 4.72 Å². The lowest BCUT2D eigenvalue weighted by molar-refractivity contribution is -0.123. The lowest BCUT2D eigenvalue weighted by atomic mass is 10.1. The molecule has 29 heavy (non-hydrogen) atoms. The number of amides is 1. The van der Waals surface area contributed by atoms with Crippen molar-refractivity contribution in [3.8, 4) is 5.75 Å². The lowest BCUT2D eigenvalue weighted by Gasteiger charge is -2.15. The monoisotopic (exact) mass is 430 g/mol. The topological polar surface area (TPSA) is 84.5 Å². The Hall–Kier alpha value is -2.59. The van der Waals surface area contributed by atoms with E-state index in [1.807, 2.05) is 6.07 Å². The molecule has 0 saturated carbocycles. The van der Waals surface area contributed by atoms with Gasteiger partial charge >= 0.3 is 6.18 Å². The first-order valence-corrected chi connectivity index (χ1v) is 10.1. The standard InChI is InChI=1S/C19H21F3N2O4S/c1-13(9-14-5-3-7-16(10-14)28-2)24-29(26,27)17-8-4-6-15(11-17)18(25)23-12-19(20,21)22/h3-8,10-11,13,24H,9,12H2,1-2H3,(H,23,25). The Bertz CT molecular complexity index is 962. The van der Waals surface area contributed by atoms with Crippen LogP contribution in [-0.4, -0.2) is 40.2 Å². The Labute approximate surface area is 167 Å². The molecule has 0 aromatic heterocycles. The third-order valence-corrected chi connectivity index (χ3v) is 5.48. The van der Waals surface area contributed by atoms with Crippen molar-refractivity contribution in [1.82, 2.24) is 10.0 Å². The molecule has 0 aliphatic rings. The van der Waals surface area contributed by atoms with Gasteiger partial charge in [0.1, 0.15) is 12.3 Å². The summed E-state index contributed by atoms with van der Waals surface area (Å²) in [5.41, 5.74) is 0.678. The van der Waals surface area contributed by atoms with Gasteiger partial charge in [0, 0.05) is 11.6 Å². The van der Waals surface area contributed by atoms with Crippen molar-refractivity contribution in [1.29, 1.82) is 0 Å². The van der Waals surface area contributed by atoms with E-state index < -0.39 is 34.7 Å². The number of nitrogens with one attached hydrogen (secondary N) is 2. The highest BCUT2D eigenvalue weighted by Gasteiger charge is 2.28. The predicted molar refractivity (Wildman–Crippen MR) is 101 cm³/mol. The van der Waals surface area contributed by atoms with Gasteiger partial charge in [-0.15, -0.1) is 0 Å². The summed E-state index contributed by atoms with van der Waals surface area (Å²) in [5.74, 6) is -0.362. The third-order valence-electron chi connectivity index (χ3n) is 3.89. The van der Waals surface area contributed by atoms with E-state index in [1.165, 1.54) is 25.3 Å². The number of benzene rings is 2. The second kappa shape index (κ2) is 9.27. The fraction of sp³-hybridized carbons (Fsp3) is 0.316. The van der Waals surface area contributed by atoms with Crippen molar-refractivity contribution >= 4 is 15.9 Å². The molecule has 0 aliphatic carbocycles. The number of methoxy groups -OCH3 is 1. The quantitative estimate of drug-likeness (QED) is 0.675. The van der Waals surface area contributed by atoms with Crippen LogP contribution in [0.25, 0.3) is 0 Å². The number of halogens is 3. The minimum atomic E-state index is -4.56. The van der Waals surface area contributed by atoms with E-state index >= 15 is 0 Å². The molecule has 2 rings (SSSR count). The van der Waals surface area contributed by atoms with Crippen LogP contribution in [0.4, 0.5) is 13.2 Å². The minimum absolute atomic E-state index is 0.183. The Morgan fingerprint density at radius 2 is 1.83 bits per heavy atom. The maximum atomic E-state index is 12.6. The number of ether oxygens (including phenoxy) is 1. The summed E-state index contributed by atoms with van der Waals surface area (Å²) in [6.07, 6.45) is -4.17. The van der Waals surface area contributed by atoms with E-state index in [0.717, 1.165) is 11.6 Å². The average molecular weight is 430 g/mol. The first-order chi connectivity index (χ1) is 13.5. The van der Waals surface area contributed by atoms with Crippen LogP contribution in [0.3, 0.4) is 0 Å². The fourth-order valence-corrected chi connectivity index (χ4v) is 3.90. The van der Waals surface area contributed by atoms with Crippen LogP contribution in [0.1, 0.15) is 22.8 Å². The summed E-state index contributed by atoms with van der Waals surface area (Å²) >= 11 is 0. The molecule has 1 atom stereocenters. The van der Waals surface area contributed by atoms with Crippen molar-refractivity contribution in [2.75, 3.05) is 13.7 Å². The van der Waals surface area contributed by atoms with Crippen molar-refractivity contribution in [3.63, 3.8) is 0 Å². The summed E-state index contributed by atoms with van der Waals surface area (Å²) in [6, 6.07) is 11.5. The highest BCUT2D eigenvalue weighted by atomic mass is 32.2. The van der Waals surface area contributed by atoms with Gasteiger partial charge in [0.25, 0.3) is 5.91 Å². The largest absolute Gasteiger partial charge is 0.497 e. The van der Waals surface area contributed by atoms with Gasteiger partial charge in [0.2, 0.25) is 10.0 Å². The summed E-state index contributed by atoms with van der Waals surface area (Å²) < 4.78 is 69.6. The second-order valence-electron chi connectivity index (χ2n) is 6.40. The summed E-state index contributed by atoms with van der Waals surface area (Å²) in [7, 11) is -2.45. The molecule has 2 aromatic carbocycles. The second-order valence-corrected chi connectivity index (χ2v) is 8.12. The van der Waals surface area contributed by atoms with E-state index in [1.54, 1.807) is 30.4 Å². The molecule has 0 spiro atoms. The highest BCUT2D eigenvalue weighted by molar-refractivity contribution is 7.89. The molecule has 158 valence electrons. The molecule has 6 nitrogen and oxygen atoms in total. The van der Waals surface area contributed by atoms with Crippen molar-refractivity contribution < 1.29 is 31.1 Å². The zero-order chi connectivity index (χ0) is 21.7. The van der Waals surface area contributed by atoms with Crippen LogP contribution in [0.15, 0.2) is 53.4 Å². The summed E-state index contributed by atoms with van der Waals surface area (Å²) in [4.78, 5) is 11.6. The van der Waals surface area contributed by atoms with Crippen molar-refractivity contribution in [3.05, 3.63) is 59.7 Å². The van der Waals surface area contributed by atoms with E-state index in [9.17, 15) is 26.4 Å². The molecule has 10 heteroatoms. The first-order valence-electron chi connectivity index (χ1n) is 8.60. The zero-order valence-electron chi connectivity index (χ0n) is 15.8. The van der Waals surface area contributed by atoms with E-state index in [4.69, 9.17) is 4.74 Å². The van der Waals surface area contributed by atoms with Gasteiger partial charge in [-0.05, 0) is 49.2 Å². The molecule has 0 radical (unpaired) electrons. The minimum Gasteiger partial charge on any atom is -0.497 e.